The first kappa shape index (κ1) is 28.5. The van der Waals surface area contributed by atoms with Crippen LogP contribution in [0.15, 0.2) is 24.3 Å². The summed E-state index contributed by atoms with van der Waals surface area (Å²) >= 11 is 0. The molecule has 3 rings (SSSR count). The smallest absolute Gasteiger partial charge is 0.201 e. The van der Waals surface area contributed by atoms with E-state index in [1.165, 1.54) is 76.3 Å². The second kappa shape index (κ2) is 15.9. The highest BCUT2D eigenvalue weighted by atomic mass is 19.2. The molecule has 0 amide bonds. The quantitative estimate of drug-likeness (QED) is 0.215. The van der Waals surface area contributed by atoms with Gasteiger partial charge in [-0.3, -0.25) is 0 Å². The van der Waals surface area contributed by atoms with Gasteiger partial charge in [0, 0.05) is 5.56 Å². The number of hydrogen-bond donors (Lipinski definition) is 0. The highest BCUT2D eigenvalue weighted by Gasteiger charge is 2.21. The minimum Gasteiger partial charge on any atom is -0.490 e. The fraction of sp³-hybridized carbons (Fsp3) is 0.677. The van der Waals surface area contributed by atoms with Crippen molar-refractivity contribution in [2.45, 2.75) is 117 Å². The Kier molecular flexibility index (Phi) is 12.6. The van der Waals surface area contributed by atoms with Gasteiger partial charge in [-0.2, -0.15) is 14.6 Å². The molecule has 3 nitrogen and oxygen atoms in total. The van der Waals surface area contributed by atoms with Gasteiger partial charge < -0.3 is 4.74 Å². The van der Waals surface area contributed by atoms with E-state index in [-0.39, 0.29) is 11.3 Å². The zero-order chi connectivity index (χ0) is 25.6. The van der Waals surface area contributed by atoms with Crippen LogP contribution < -0.4 is 4.74 Å². The van der Waals surface area contributed by atoms with E-state index in [4.69, 9.17) is 4.74 Å². The second-order valence-electron chi connectivity index (χ2n) is 10.7. The van der Waals surface area contributed by atoms with Gasteiger partial charge in [-0.1, -0.05) is 97.3 Å². The van der Waals surface area contributed by atoms with Crippen molar-refractivity contribution in [2.75, 3.05) is 6.61 Å². The molecule has 0 N–H and O–H groups in total. The Bertz CT molecular complexity index is 879. The van der Waals surface area contributed by atoms with Crippen LogP contribution in [-0.2, 0) is 6.42 Å². The lowest BCUT2D eigenvalue weighted by molar-refractivity contribution is 0.248. The predicted molar refractivity (Wildman–Crippen MR) is 144 cm³/mol. The Hall–Kier alpha value is -2.04. The molecule has 1 aliphatic carbocycles. The largest absolute Gasteiger partial charge is 0.490 e. The maximum absolute atomic E-state index is 14.7. The molecule has 1 fully saturated rings. The van der Waals surface area contributed by atoms with Crippen molar-refractivity contribution in [2.24, 2.45) is 11.8 Å². The number of nitrogens with zero attached hydrogens (tertiary/aromatic N) is 2. The first-order valence-electron chi connectivity index (χ1n) is 14.6. The van der Waals surface area contributed by atoms with Crippen LogP contribution >= 0.6 is 0 Å². The number of ether oxygens (including phenoxy) is 1. The first-order valence-corrected chi connectivity index (χ1v) is 14.6. The van der Waals surface area contributed by atoms with Crippen molar-refractivity contribution in [3.8, 4) is 17.0 Å². The highest BCUT2D eigenvalue weighted by molar-refractivity contribution is 5.61. The lowest BCUT2D eigenvalue weighted by Gasteiger charge is -2.28. The van der Waals surface area contributed by atoms with Crippen molar-refractivity contribution < 1.29 is 13.5 Å². The molecule has 0 unspecified atom stereocenters. The van der Waals surface area contributed by atoms with Crippen LogP contribution in [0.1, 0.15) is 116 Å². The van der Waals surface area contributed by atoms with E-state index in [9.17, 15) is 8.78 Å². The van der Waals surface area contributed by atoms with Crippen LogP contribution in [0.25, 0.3) is 11.3 Å². The second-order valence-corrected chi connectivity index (χ2v) is 10.7. The molecule has 0 atom stereocenters. The molecule has 0 aliphatic heterocycles. The fourth-order valence-corrected chi connectivity index (χ4v) is 5.39. The molecule has 1 aliphatic rings. The Morgan fingerprint density at radius 1 is 0.722 bits per heavy atom. The third-order valence-corrected chi connectivity index (χ3v) is 7.79. The third kappa shape index (κ3) is 9.12. The summed E-state index contributed by atoms with van der Waals surface area (Å²) in [7, 11) is 0. The Morgan fingerprint density at radius 3 is 2.06 bits per heavy atom. The molecule has 1 aromatic carbocycles. The zero-order valence-electron chi connectivity index (χ0n) is 22.5. The maximum Gasteiger partial charge on any atom is 0.201 e. The number of aromatic nitrogens is 2. The number of halogens is 2. The van der Waals surface area contributed by atoms with Crippen LogP contribution in [0.5, 0.6) is 5.75 Å². The van der Waals surface area contributed by atoms with Gasteiger partial charge in [0.25, 0.3) is 0 Å². The average molecular weight is 501 g/mol. The molecule has 0 saturated heterocycles. The summed E-state index contributed by atoms with van der Waals surface area (Å²) < 4.78 is 34.7. The molecule has 200 valence electrons. The monoisotopic (exact) mass is 500 g/mol. The van der Waals surface area contributed by atoms with Crippen molar-refractivity contribution >= 4 is 0 Å². The van der Waals surface area contributed by atoms with E-state index in [1.807, 2.05) is 6.07 Å². The van der Waals surface area contributed by atoms with Gasteiger partial charge in [0.1, 0.15) is 0 Å². The highest BCUT2D eigenvalue weighted by Crippen LogP contribution is 2.34. The molecule has 0 spiro atoms. The summed E-state index contributed by atoms with van der Waals surface area (Å²) in [4.78, 5) is 0. The zero-order valence-corrected chi connectivity index (χ0v) is 22.5. The predicted octanol–water partition coefficient (Wildman–Crippen LogP) is 9.48. The van der Waals surface area contributed by atoms with Gasteiger partial charge in [0.05, 0.1) is 18.0 Å². The number of unbranched alkanes of at least 4 members (excludes halogenated alkanes) is 7. The SMILES string of the molecule is CCCCCCCC1CCC(CCc2ccc(-c3ccc(OCCCCCC)c(F)c3F)nn2)CC1. The molecular formula is C31H46F2N2O. The molecule has 36 heavy (non-hydrogen) atoms. The summed E-state index contributed by atoms with van der Waals surface area (Å²) in [5.74, 6) is -0.224. The van der Waals surface area contributed by atoms with Gasteiger partial charge in [0.2, 0.25) is 5.82 Å². The van der Waals surface area contributed by atoms with Crippen molar-refractivity contribution in [3.63, 3.8) is 0 Å². The number of benzene rings is 1. The van der Waals surface area contributed by atoms with E-state index in [0.29, 0.717) is 12.3 Å². The molecular weight excluding hydrogens is 454 g/mol. The van der Waals surface area contributed by atoms with E-state index in [0.717, 1.165) is 56.1 Å². The number of aryl methyl sites for hydroxylation is 1. The van der Waals surface area contributed by atoms with Gasteiger partial charge in [-0.15, -0.1) is 0 Å². The average Bonchev–Trinajstić information content (AvgIpc) is 2.91. The Morgan fingerprint density at radius 2 is 1.39 bits per heavy atom. The van der Waals surface area contributed by atoms with Gasteiger partial charge in [0.15, 0.2) is 11.6 Å². The first-order chi connectivity index (χ1) is 17.6. The van der Waals surface area contributed by atoms with E-state index in [1.54, 1.807) is 6.07 Å². The third-order valence-electron chi connectivity index (χ3n) is 7.79. The molecule has 5 heteroatoms. The van der Waals surface area contributed by atoms with Gasteiger partial charge >= 0.3 is 0 Å². The normalized spacial score (nSPS) is 17.9. The lowest BCUT2D eigenvalue weighted by atomic mass is 9.78. The standard InChI is InChI=1S/C31H46F2N2O/c1-3-5-7-9-10-12-24-13-15-25(16-14-24)17-18-26-19-21-28(35-34-26)27-20-22-29(31(33)30(27)32)36-23-11-8-6-4-2/h19-22,24-25H,3-18,23H2,1-2H3. The summed E-state index contributed by atoms with van der Waals surface area (Å²) in [6.45, 7) is 4.80. The fourth-order valence-electron chi connectivity index (χ4n) is 5.39. The minimum absolute atomic E-state index is 0.0384. The van der Waals surface area contributed by atoms with Crippen LogP contribution in [0.3, 0.4) is 0 Å². The number of hydrogen-bond acceptors (Lipinski definition) is 3. The van der Waals surface area contributed by atoms with Crippen LogP contribution in [-0.4, -0.2) is 16.8 Å². The van der Waals surface area contributed by atoms with Gasteiger partial charge in [-0.05, 0) is 55.4 Å². The van der Waals surface area contributed by atoms with Crippen molar-refractivity contribution in [1.29, 1.82) is 0 Å². The molecule has 0 bridgehead atoms. The van der Waals surface area contributed by atoms with Crippen LogP contribution in [0, 0.1) is 23.5 Å². The maximum atomic E-state index is 14.7. The minimum atomic E-state index is -0.953. The van der Waals surface area contributed by atoms with E-state index < -0.39 is 11.6 Å². The summed E-state index contributed by atoms with van der Waals surface area (Å²) in [6.07, 6.45) is 19.8. The lowest BCUT2D eigenvalue weighted by Crippen LogP contribution is -2.15. The topological polar surface area (TPSA) is 35.0 Å². The Labute approximate surface area is 217 Å². The van der Waals surface area contributed by atoms with Crippen LogP contribution in [0.4, 0.5) is 8.78 Å². The Balaban J connectivity index is 1.42. The molecule has 2 aromatic rings. The molecule has 1 saturated carbocycles. The van der Waals surface area contributed by atoms with Gasteiger partial charge in [-0.25, -0.2) is 4.39 Å². The molecule has 1 aromatic heterocycles. The number of rotatable bonds is 16. The summed E-state index contributed by atoms with van der Waals surface area (Å²) in [5.41, 5.74) is 1.40. The molecule has 1 heterocycles. The summed E-state index contributed by atoms with van der Waals surface area (Å²) in [6, 6.07) is 6.68. The molecule has 0 radical (unpaired) electrons. The van der Waals surface area contributed by atoms with E-state index in [2.05, 4.69) is 24.0 Å². The van der Waals surface area contributed by atoms with Crippen molar-refractivity contribution in [3.05, 3.63) is 41.6 Å². The van der Waals surface area contributed by atoms with Crippen molar-refractivity contribution in [1.82, 2.24) is 10.2 Å². The summed E-state index contributed by atoms with van der Waals surface area (Å²) in [5, 5.41) is 8.53. The van der Waals surface area contributed by atoms with Crippen LogP contribution in [0.2, 0.25) is 0 Å². The van der Waals surface area contributed by atoms with E-state index >= 15 is 0 Å².